The van der Waals surface area contributed by atoms with Gasteiger partial charge in [0.1, 0.15) is 5.58 Å². The maximum absolute atomic E-state index is 12.6. The van der Waals surface area contributed by atoms with Gasteiger partial charge in [0.25, 0.3) is 0 Å². The first-order valence-corrected chi connectivity index (χ1v) is 7.70. The van der Waals surface area contributed by atoms with Crippen LogP contribution in [0.3, 0.4) is 0 Å². The normalized spacial score (nSPS) is 11.0. The van der Waals surface area contributed by atoms with Crippen LogP contribution in [-0.2, 0) is 0 Å². The van der Waals surface area contributed by atoms with Crippen molar-refractivity contribution in [2.75, 3.05) is 0 Å². The molecule has 0 bridgehead atoms. The summed E-state index contributed by atoms with van der Waals surface area (Å²) >= 11 is 15.4. The van der Waals surface area contributed by atoms with Gasteiger partial charge < -0.3 is 4.42 Å². The Morgan fingerprint density at radius 2 is 1.90 bits per heavy atom. The average molecular weight is 384 g/mol. The highest BCUT2D eigenvalue weighted by molar-refractivity contribution is 9.10. The molecule has 3 aromatic rings. The lowest BCUT2D eigenvalue weighted by Crippen LogP contribution is -2.02. The number of carbonyl (C=O) groups is 1. The van der Waals surface area contributed by atoms with E-state index in [-0.39, 0.29) is 5.78 Å². The molecule has 0 atom stereocenters. The SMILES string of the molecule is Cc1c(C(=O)c2ccc(Cl)cc2Cl)oc2ccc(Br)cc12. The van der Waals surface area contributed by atoms with E-state index in [0.717, 1.165) is 15.4 Å². The van der Waals surface area contributed by atoms with E-state index in [1.54, 1.807) is 18.2 Å². The van der Waals surface area contributed by atoms with Crippen LogP contribution in [0, 0.1) is 6.92 Å². The van der Waals surface area contributed by atoms with Crippen molar-refractivity contribution in [2.45, 2.75) is 6.92 Å². The molecule has 0 aliphatic heterocycles. The lowest BCUT2D eigenvalue weighted by molar-refractivity contribution is 0.101. The third kappa shape index (κ3) is 2.61. The zero-order chi connectivity index (χ0) is 15.1. The molecule has 0 saturated heterocycles. The monoisotopic (exact) mass is 382 g/mol. The first-order chi connectivity index (χ1) is 9.97. The van der Waals surface area contributed by atoms with Crippen molar-refractivity contribution in [1.82, 2.24) is 0 Å². The minimum atomic E-state index is -0.249. The first kappa shape index (κ1) is 14.6. The summed E-state index contributed by atoms with van der Waals surface area (Å²) in [6.45, 7) is 1.86. The number of rotatable bonds is 2. The Balaban J connectivity index is 2.15. The Hall–Kier alpha value is -1.29. The summed E-state index contributed by atoms with van der Waals surface area (Å²) < 4.78 is 6.63. The van der Waals surface area contributed by atoms with Gasteiger partial charge in [-0.2, -0.15) is 0 Å². The molecular weight excluding hydrogens is 375 g/mol. The lowest BCUT2D eigenvalue weighted by atomic mass is 10.0. The summed E-state index contributed by atoms with van der Waals surface area (Å²) in [4.78, 5) is 12.6. The first-order valence-electron chi connectivity index (χ1n) is 6.16. The van der Waals surface area contributed by atoms with Crippen LogP contribution in [0.25, 0.3) is 11.0 Å². The van der Waals surface area contributed by atoms with Gasteiger partial charge in [-0.15, -0.1) is 0 Å². The number of furan rings is 1. The average Bonchev–Trinajstić information content (AvgIpc) is 2.75. The molecule has 21 heavy (non-hydrogen) atoms. The van der Waals surface area contributed by atoms with Crippen LogP contribution >= 0.6 is 39.1 Å². The van der Waals surface area contributed by atoms with Gasteiger partial charge in [-0.25, -0.2) is 0 Å². The van der Waals surface area contributed by atoms with Crippen LogP contribution in [0.1, 0.15) is 21.7 Å². The molecular formula is C16H9BrCl2O2. The summed E-state index contributed by atoms with van der Waals surface area (Å²) in [5, 5.41) is 1.70. The van der Waals surface area contributed by atoms with Gasteiger partial charge in [0.15, 0.2) is 5.76 Å². The van der Waals surface area contributed by atoms with E-state index in [1.165, 1.54) is 0 Å². The van der Waals surface area contributed by atoms with Gasteiger partial charge in [-0.3, -0.25) is 4.79 Å². The van der Waals surface area contributed by atoms with Crippen LogP contribution in [-0.4, -0.2) is 5.78 Å². The maximum Gasteiger partial charge on any atom is 0.229 e. The Morgan fingerprint density at radius 3 is 2.62 bits per heavy atom. The van der Waals surface area contributed by atoms with Crippen molar-refractivity contribution < 1.29 is 9.21 Å². The second-order valence-corrected chi connectivity index (χ2v) is 6.41. The van der Waals surface area contributed by atoms with Gasteiger partial charge in [-0.05, 0) is 43.3 Å². The largest absolute Gasteiger partial charge is 0.452 e. The molecule has 0 unspecified atom stereocenters. The van der Waals surface area contributed by atoms with Crippen LogP contribution in [0.2, 0.25) is 10.0 Å². The Morgan fingerprint density at radius 1 is 1.14 bits per heavy atom. The molecule has 2 nitrogen and oxygen atoms in total. The smallest absolute Gasteiger partial charge is 0.229 e. The number of ketones is 1. The predicted octanol–water partition coefficient (Wildman–Crippen LogP) is 6.04. The molecule has 1 aromatic heterocycles. The van der Waals surface area contributed by atoms with Gasteiger partial charge in [-0.1, -0.05) is 39.1 Å². The summed E-state index contributed by atoms with van der Waals surface area (Å²) in [5.41, 5.74) is 1.84. The van der Waals surface area contributed by atoms with E-state index < -0.39 is 0 Å². The third-order valence-electron chi connectivity index (χ3n) is 3.28. The van der Waals surface area contributed by atoms with E-state index in [1.807, 2.05) is 25.1 Å². The Bertz CT molecular complexity index is 868. The fourth-order valence-electron chi connectivity index (χ4n) is 2.21. The molecule has 5 heteroatoms. The zero-order valence-electron chi connectivity index (χ0n) is 10.9. The molecule has 3 rings (SSSR count). The van der Waals surface area contributed by atoms with Crippen molar-refractivity contribution in [3.05, 3.63) is 67.8 Å². The zero-order valence-corrected chi connectivity index (χ0v) is 14.0. The summed E-state index contributed by atoms with van der Waals surface area (Å²) in [7, 11) is 0. The Labute approximate surface area is 139 Å². The van der Waals surface area contributed by atoms with Crippen molar-refractivity contribution in [2.24, 2.45) is 0 Å². The highest BCUT2D eigenvalue weighted by Crippen LogP contribution is 2.31. The fourth-order valence-corrected chi connectivity index (χ4v) is 3.06. The molecule has 0 fully saturated rings. The topological polar surface area (TPSA) is 30.2 Å². The summed E-state index contributed by atoms with van der Waals surface area (Å²) in [5.74, 6) is 0.0498. The number of carbonyl (C=O) groups excluding carboxylic acids is 1. The molecule has 1 heterocycles. The van der Waals surface area contributed by atoms with Crippen molar-refractivity contribution in [3.63, 3.8) is 0 Å². The fraction of sp³-hybridized carbons (Fsp3) is 0.0625. The summed E-state index contributed by atoms with van der Waals surface area (Å²) in [6, 6.07) is 10.4. The molecule has 0 saturated carbocycles. The van der Waals surface area contributed by atoms with Gasteiger partial charge in [0.05, 0.1) is 5.02 Å². The number of hydrogen-bond donors (Lipinski definition) is 0. The molecule has 0 spiro atoms. The highest BCUT2D eigenvalue weighted by Gasteiger charge is 2.21. The molecule has 0 N–H and O–H groups in total. The van der Waals surface area contributed by atoms with Gasteiger partial charge in [0, 0.05) is 26.0 Å². The van der Waals surface area contributed by atoms with Gasteiger partial charge in [0.2, 0.25) is 5.78 Å². The van der Waals surface area contributed by atoms with Crippen molar-refractivity contribution in [1.29, 1.82) is 0 Å². The van der Waals surface area contributed by atoms with Crippen molar-refractivity contribution >= 4 is 55.9 Å². The van der Waals surface area contributed by atoms with Crippen LogP contribution in [0.5, 0.6) is 0 Å². The quantitative estimate of drug-likeness (QED) is 0.505. The summed E-state index contributed by atoms with van der Waals surface area (Å²) in [6.07, 6.45) is 0. The van der Waals surface area contributed by atoms with Gasteiger partial charge >= 0.3 is 0 Å². The minimum absolute atomic E-state index is 0.249. The molecule has 0 aliphatic rings. The number of aryl methyl sites for hydroxylation is 1. The van der Waals surface area contributed by atoms with E-state index >= 15 is 0 Å². The highest BCUT2D eigenvalue weighted by atomic mass is 79.9. The van der Waals surface area contributed by atoms with Crippen LogP contribution in [0.4, 0.5) is 0 Å². The van der Waals surface area contributed by atoms with Crippen LogP contribution in [0.15, 0.2) is 45.3 Å². The Kier molecular flexibility index (Phi) is 3.82. The molecule has 2 aromatic carbocycles. The second-order valence-electron chi connectivity index (χ2n) is 4.65. The van der Waals surface area contributed by atoms with E-state index in [9.17, 15) is 4.79 Å². The van der Waals surface area contributed by atoms with E-state index in [4.69, 9.17) is 27.6 Å². The molecule has 0 aliphatic carbocycles. The number of halogens is 3. The standard InChI is InChI=1S/C16H9BrCl2O2/c1-8-12-6-9(17)2-5-14(12)21-16(8)15(20)11-4-3-10(18)7-13(11)19/h2-7H,1H3. The molecule has 0 amide bonds. The predicted molar refractivity (Wildman–Crippen MR) is 88.5 cm³/mol. The maximum atomic E-state index is 12.6. The minimum Gasteiger partial charge on any atom is -0.452 e. The molecule has 106 valence electrons. The number of hydrogen-bond acceptors (Lipinski definition) is 2. The second kappa shape index (κ2) is 5.48. The lowest BCUT2D eigenvalue weighted by Gasteiger charge is -2.02. The van der Waals surface area contributed by atoms with Crippen molar-refractivity contribution in [3.8, 4) is 0 Å². The third-order valence-corrected chi connectivity index (χ3v) is 4.32. The van der Waals surface area contributed by atoms with E-state index in [0.29, 0.717) is 27.0 Å². The number of fused-ring (bicyclic) bond motifs is 1. The molecule has 0 radical (unpaired) electrons. The van der Waals surface area contributed by atoms with Crippen LogP contribution < -0.4 is 0 Å². The van der Waals surface area contributed by atoms with E-state index in [2.05, 4.69) is 15.9 Å². The number of benzene rings is 2.